The minimum Gasteiger partial charge on any atom is -0.464 e. The standard InChI is InChI=1S/C22H29N8O6P.C6H6/c1-4-35-21(32)13(2)36-37(33,34)10-9-25-20(31)14-5-7-16(8-6-14)30(3)12-15-11-26-19-17(27-15)18(23)28-22(24)29-19;1-2-4-6-5-3-1/h5-8,11,13H,4,9-10,12H2,1-3H3,(H,25,31)(H,33,34)(H4,23,24,26,28,29);1-6H. The number of ether oxygens (including phenoxy) is 1. The van der Waals surface area contributed by atoms with Crippen molar-refractivity contribution in [2.45, 2.75) is 26.5 Å². The molecule has 2 heterocycles. The summed E-state index contributed by atoms with van der Waals surface area (Å²) in [5, 5.41) is 2.57. The molecule has 0 saturated heterocycles. The van der Waals surface area contributed by atoms with Crippen LogP contribution in [-0.4, -0.2) is 69.2 Å². The summed E-state index contributed by atoms with van der Waals surface area (Å²) in [7, 11) is -2.26. The molecule has 14 nitrogen and oxygen atoms in total. The van der Waals surface area contributed by atoms with Gasteiger partial charge in [-0.1, -0.05) is 36.4 Å². The highest BCUT2D eigenvalue weighted by molar-refractivity contribution is 7.52. The van der Waals surface area contributed by atoms with Crippen molar-refractivity contribution in [2.24, 2.45) is 0 Å². The third-order valence-electron chi connectivity index (χ3n) is 5.76. The number of nitrogens with zero attached hydrogens (tertiary/aromatic N) is 5. The molecule has 4 aromatic rings. The first-order valence-corrected chi connectivity index (χ1v) is 15.1. The molecule has 0 fully saturated rings. The van der Waals surface area contributed by atoms with Crippen LogP contribution in [0.5, 0.6) is 0 Å². The van der Waals surface area contributed by atoms with Crippen LogP contribution in [0.25, 0.3) is 11.2 Å². The molecule has 0 spiro atoms. The third kappa shape index (κ3) is 10.3. The van der Waals surface area contributed by atoms with E-state index in [1.165, 1.54) is 6.92 Å². The van der Waals surface area contributed by atoms with E-state index in [0.29, 0.717) is 29.0 Å². The minimum atomic E-state index is -4.10. The molecule has 15 heteroatoms. The number of amides is 1. The molecule has 0 aliphatic rings. The number of carbonyl (C=O) groups excluding carboxylic acids is 2. The van der Waals surface area contributed by atoms with Gasteiger partial charge in [0, 0.05) is 24.8 Å². The number of carbonyl (C=O) groups is 2. The summed E-state index contributed by atoms with van der Waals surface area (Å²) < 4.78 is 21.8. The largest absolute Gasteiger partial charge is 0.464 e. The second-order valence-corrected chi connectivity index (χ2v) is 11.1. The Morgan fingerprint density at radius 1 is 1.05 bits per heavy atom. The first kappa shape index (κ1) is 32.9. The topological polar surface area (TPSA) is 209 Å². The first-order chi connectivity index (χ1) is 20.5. The Balaban J connectivity index is 0.000000749. The average Bonchev–Trinajstić information content (AvgIpc) is 2.98. The van der Waals surface area contributed by atoms with Crippen LogP contribution in [0.4, 0.5) is 17.5 Å². The van der Waals surface area contributed by atoms with E-state index in [-0.39, 0.29) is 31.1 Å². The van der Waals surface area contributed by atoms with Crippen molar-refractivity contribution < 1.29 is 28.3 Å². The van der Waals surface area contributed by atoms with E-state index in [1.54, 1.807) is 37.4 Å². The fourth-order valence-corrected chi connectivity index (χ4v) is 4.74. The molecule has 4 rings (SSSR count). The van der Waals surface area contributed by atoms with E-state index in [1.807, 2.05) is 48.3 Å². The van der Waals surface area contributed by atoms with Crippen molar-refractivity contribution in [3.8, 4) is 0 Å². The lowest BCUT2D eigenvalue weighted by Crippen LogP contribution is -2.28. The Hall–Kier alpha value is -4.65. The first-order valence-electron chi connectivity index (χ1n) is 13.3. The summed E-state index contributed by atoms with van der Waals surface area (Å²) in [6, 6.07) is 18.8. The van der Waals surface area contributed by atoms with E-state index in [0.717, 1.165) is 5.69 Å². The smallest absolute Gasteiger partial charge is 0.335 e. The summed E-state index contributed by atoms with van der Waals surface area (Å²) in [6.45, 7) is 3.35. The molecule has 0 aliphatic heterocycles. The molecule has 228 valence electrons. The van der Waals surface area contributed by atoms with Crippen molar-refractivity contribution in [3.63, 3.8) is 0 Å². The normalized spacial score (nSPS) is 12.7. The molecule has 0 aliphatic carbocycles. The monoisotopic (exact) mass is 610 g/mol. The van der Waals surface area contributed by atoms with E-state index >= 15 is 0 Å². The number of aromatic nitrogens is 4. The van der Waals surface area contributed by atoms with Gasteiger partial charge in [-0.15, -0.1) is 0 Å². The Morgan fingerprint density at radius 2 is 1.67 bits per heavy atom. The van der Waals surface area contributed by atoms with Gasteiger partial charge in [-0.05, 0) is 38.1 Å². The van der Waals surface area contributed by atoms with Gasteiger partial charge in [0.2, 0.25) is 5.95 Å². The lowest BCUT2D eigenvalue weighted by Gasteiger charge is -2.19. The number of hydrogen-bond donors (Lipinski definition) is 4. The van der Waals surface area contributed by atoms with Crippen LogP contribution in [0.15, 0.2) is 66.9 Å². The number of esters is 1. The molecule has 2 unspecified atom stereocenters. The fourth-order valence-electron chi connectivity index (χ4n) is 3.66. The Kier molecular flexibility index (Phi) is 11.9. The molecule has 2 atom stereocenters. The van der Waals surface area contributed by atoms with Crippen LogP contribution in [-0.2, 0) is 25.2 Å². The van der Waals surface area contributed by atoms with Gasteiger partial charge in [0.15, 0.2) is 23.1 Å². The van der Waals surface area contributed by atoms with Gasteiger partial charge >= 0.3 is 13.6 Å². The maximum absolute atomic E-state index is 12.4. The van der Waals surface area contributed by atoms with Gasteiger partial charge in [0.1, 0.15) is 0 Å². The van der Waals surface area contributed by atoms with Crippen molar-refractivity contribution >= 4 is 48.1 Å². The summed E-state index contributed by atoms with van der Waals surface area (Å²) in [5.41, 5.74) is 13.9. The quantitative estimate of drug-likeness (QED) is 0.142. The van der Waals surface area contributed by atoms with Gasteiger partial charge in [-0.25, -0.2) is 14.8 Å². The molecular weight excluding hydrogens is 575 g/mol. The number of hydrogen-bond acceptors (Lipinski definition) is 12. The lowest BCUT2D eigenvalue weighted by molar-refractivity contribution is -0.150. The van der Waals surface area contributed by atoms with E-state index in [9.17, 15) is 19.0 Å². The van der Waals surface area contributed by atoms with Crippen LogP contribution in [0, 0.1) is 0 Å². The summed E-state index contributed by atoms with van der Waals surface area (Å²) >= 11 is 0. The molecule has 1 amide bonds. The number of nitrogen functional groups attached to an aromatic ring is 2. The molecular formula is C28H35N8O6P. The molecule has 6 N–H and O–H groups in total. The molecule has 0 radical (unpaired) electrons. The SMILES string of the molecule is CCOC(=O)C(C)OP(=O)(O)CCNC(=O)c1ccc(N(C)Cc2cnc3nc(N)nc(N)c3n2)cc1.c1ccccc1. The highest BCUT2D eigenvalue weighted by Crippen LogP contribution is 2.42. The fraction of sp³-hybridized carbons (Fsp3) is 0.286. The van der Waals surface area contributed by atoms with Crippen LogP contribution in [0.3, 0.4) is 0 Å². The third-order valence-corrected chi connectivity index (χ3v) is 7.19. The molecule has 2 aromatic carbocycles. The number of benzene rings is 2. The highest BCUT2D eigenvalue weighted by atomic mass is 31.2. The van der Waals surface area contributed by atoms with Crippen molar-refractivity contribution in [3.05, 3.63) is 78.1 Å². The van der Waals surface area contributed by atoms with Gasteiger partial charge in [-0.2, -0.15) is 9.97 Å². The predicted molar refractivity (Wildman–Crippen MR) is 163 cm³/mol. The van der Waals surface area contributed by atoms with Gasteiger partial charge in [-0.3, -0.25) is 13.9 Å². The maximum Gasteiger partial charge on any atom is 0.335 e. The van der Waals surface area contributed by atoms with E-state index in [2.05, 4.69) is 25.3 Å². The zero-order chi connectivity index (χ0) is 31.4. The van der Waals surface area contributed by atoms with Gasteiger partial charge < -0.3 is 31.3 Å². The Bertz CT molecular complexity index is 1530. The van der Waals surface area contributed by atoms with E-state index < -0.39 is 25.6 Å². The van der Waals surface area contributed by atoms with Crippen molar-refractivity contribution in [1.29, 1.82) is 0 Å². The van der Waals surface area contributed by atoms with Crippen LogP contribution >= 0.6 is 7.60 Å². The Morgan fingerprint density at radius 3 is 2.28 bits per heavy atom. The number of fused-ring (bicyclic) bond motifs is 1. The molecule has 0 bridgehead atoms. The average molecular weight is 611 g/mol. The molecule has 43 heavy (non-hydrogen) atoms. The van der Waals surface area contributed by atoms with E-state index in [4.69, 9.17) is 20.7 Å². The number of anilines is 3. The zero-order valence-electron chi connectivity index (χ0n) is 24.1. The molecule has 2 aromatic heterocycles. The predicted octanol–water partition coefficient (Wildman–Crippen LogP) is 2.79. The van der Waals surface area contributed by atoms with Gasteiger partial charge in [0.05, 0.1) is 31.2 Å². The lowest BCUT2D eigenvalue weighted by atomic mass is 10.2. The van der Waals surface area contributed by atoms with Gasteiger partial charge in [0.25, 0.3) is 5.91 Å². The summed E-state index contributed by atoms with van der Waals surface area (Å²) in [5.74, 6) is -0.993. The van der Waals surface area contributed by atoms with Crippen LogP contribution in [0.2, 0.25) is 0 Å². The number of nitrogens with one attached hydrogen (secondary N) is 1. The highest BCUT2D eigenvalue weighted by Gasteiger charge is 2.27. The second-order valence-electron chi connectivity index (χ2n) is 9.17. The maximum atomic E-state index is 12.4. The number of nitrogens with two attached hydrogens (primary N) is 2. The van der Waals surface area contributed by atoms with Crippen molar-refractivity contribution in [2.75, 3.05) is 42.7 Å². The Labute approximate surface area is 249 Å². The van der Waals surface area contributed by atoms with Crippen LogP contribution in [0.1, 0.15) is 29.9 Å². The minimum absolute atomic E-state index is 0.0237. The summed E-state index contributed by atoms with van der Waals surface area (Å²) in [4.78, 5) is 52.5. The van der Waals surface area contributed by atoms with Crippen molar-refractivity contribution in [1.82, 2.24) is 25.3 Å². The second kappa shape index (κ2) is 15.5. The summed E-state index contributed by atoms with van der Waals surface area (Å²) in [6.07, 6.45) is 0.0167. The number of rotatable bonds is 11. The zero-order valence-corrected chi connectivity index (χ0v) is 25.0. The van der Waals surface area contributed by atoms with Crippen LogP contribution < -0.4 is 21.7 Å². The molecule has 0 saturated carbocycles.